The molecule has 0 aliphatic rings. The van der Waals surface area contributed by atoms with Gasteiger partial charge in [-0.3, -0.25) is 9.89 Å². The predicted molar refractivity (Wildman–Crippen MR) is 92.0 cm³/mol. The molecule has 8 heteroatoms. The van der Waals surface area contributed by atoms with Gasteiger partial charge < -0.3 is 14.4 Å². The van der Waals surface area contributed by atoms with Crippen LogP contribution in [0.5, 0.6) is 0 Å². The summed E-state index contributed by atoms with van der Waals surface area (Å²) in [5.41, 5.74) is 2.13. The highest BCUT2D eigenvalue weighted by Crippen LogP contribution is 2.22. The quantitative estimate of drug-likeness (QED) is 0.386. The molecule has 0 saturated carbocycles. The number of ketones is 1. The normalized spacial score (nSPS) is 11.7. The zero-order chi connectivity index (χ0) is 18.5. The van der Waals surface area contributed by atoms with E-state index in [4.69, 9.17) is 4.74 Å². The van der Waals surface area contributed by atoms with Crippen molar-refractivity contribution in [2.45, 2.75) is 13.2 Å². The Balaban J connectivity index is 1.91. The number of hydrogen-bond acceptors (Lipinski definition) is 5. The molecule has 3 aromatic rings. The van der Waals surface area contributed by atoms with E-state index in [1.165, 1.54) is 18.5 Å². The van der Waals surface area contributed by atoms with Crippen molar-refractivity contribution in [1.82, 2.24) is 19.7 Å². The van der Waals surface area contributed by atoms with Gasteiger partial charge in [0.25, 0.3) is 0 Å². The second-order valence-electron chi connectivity index (χ2n) is 5.66. The molecule has 2 heterocycles. The third-order valence-electron chi connectivity index (χ3n) is 3.74. The predicted octanol–water partition coefficient (Wildman–Crippen LogP) is 2.72. The summed E-state index contributed by atoms with van der Waals surface area (Å²) in [5.74, 6) is -0.968. The lowest BCUT2D eigenvalue weighted by Gasteiger charge is -2.04. The molecule has 0 atom stereocenters. The standard InChI is InChI=1S/C18H17FN4O3/c1-26-11-23-8-13(6-12-2-4-14(19)5-3-12)15(9-23)16(24)7-17(25)18-20-10-21-22-18/h2-5,7-10,24H,6,11H2,1H3,(H,20,21,22). The third kappa shape index (κ3) is 4.04. The topological polar surface area (TPSA) is 93.0 Å². The van der Waals surface area contributed by atoms with Crippen molar-refractivity contribution < 1.29 is 19.0 Å². The zero-order valence-electron chi connectivity index (χ0n) is 14.0. The fourth-order valence-electron chi connectivity index (χ4n) is 2.57. The van der Waals surface area contributed by atoms with Crippen molar-refractivity contribution in [3.05, 3.63) is 77.4 Å². The van der Waals surface area contributed by atoms with Crippen LogP contribution in [-0.4, -0.2) is 37.7 Å². The van der Waals surface area contributed by atoms with Gasteiger partial charge in [-0.2, -0.15) is 5.10 Å². The summed E-state index contributed by atoms with van der Waals surface area (Å²) < 4.78 is 19.9. The zero-order valence-corrected chi connectivity index (χ0v) is 14.0. The average molecular weight is 356 g/mol. The van der Waals surface area contributed by atoms with Crippen molar-refractivity contribution in [3.8, 4) is 0 Å². The minimum absolute atomic E-state index is 0.0351. The number of aliphatic hydroxyl groups excluding tert-OH is 1. The maximum absolute atomic E-state index is 13.1. The molecule has 0 aliphatic carbocycles. The average Bonchev–Trinajstić information content (AvgIpc) is 3.27. The summed E-state index contributed by atoms with van der Waals surface area (Å²) in [6.07, 6.45) is 6.25. The monoisotopic (exact) mass is 356 g/mol. The Kier molecular flexibility index (Phi) is 5.23. The number of aromatic amines is 1. The lowest BCUT2D eigenvalue weighted by Crippen LogP contribution is -2.00. The molecule has 1 aromatic carbocycles. The molecule has 2 N–H and O–H groups in total. The molecular weight excluding hydrogens is 339 g/mol. The summed E-state index contributed by atoms with van der Waals surface area (Å²) in [4.78, 5) is 15.8. The first kappa shape index (κ1) is 17.6. The number of aliphatic hydroxyl groups is 1. The molecule has 3 rings (SSSR count). The highest BCUT2D eigenvalue weighted by atomic mass is 19.1. The number of carbonyl (C=O) groups excluding carboxylic acids is 1. The number of rotatable bonds is 7. The summed E-state index contributed by atoms with van der Waals surface area (Å²) in [7, 11) is 1.56. The van der Waals surface area contributed by atoms with E-state index in [9.17, 15) is 14.3 Å². The van der Waals surface area contributed by atoms with Gasteiger partial charge in [0.1, 0.15) is 24.6 Å². The van der Waals surface area contributed by atoms with E-state index in [-0.39, 0.29) is 17.4 Å². The van der Waals surface area contributed by atoms with E-state index in [0.717, 1.165) is 17.2 Å². The van der Waals surface area contributed by atoms with Gasteiger partial charge in [0, 0.05) is 31.1 Å². The SMILES string of the molecule is COCn1cc(Cc2ccc(F)cc2)c(C(O)=CC(=O)c2ncn[nH]2)c1. The van der Waals surface area contributed by atoms with Gasteiger partial charge in [0.2, 0.25) is 5.78 Å². The summed E-state index contributed by atoms with van der Waals surface area (Å²) >= 11 is 0. The van der Waals surface area contributed by atoms with Gasteiger partial charge in [-0.25, -0.2) is 9.37 Å². The number of hydrogen-bond donors (Lipinski definition) is 2. The molecule has 7 nitrogen and oxygen atoms in total. The molecule has 0 unspecified atom stereocenters. The fraction of sp³-hybridized carbons (Fsp3) is 0.167. The van der Waals surface area contributed by atoms with Crippen molar-refractivity contribution in [2.75, 3.05) is 7.11 Å². The molecule has 0 bridgehead atoms. The molecular formula is C18H17FN4O3. The fourth-order valence-corrected chi connectivity index (χ4v) is 2.57. The van der Waals surface area contributed by atoms with Crippen molar-refractivity contribution in [3.63, 3.8) is 0 Å². The number of allylic oxidation sites excluding steroid dienone is 1. The number of H-pyrrole nitrogens is 1. The van der Waals surface area contributed by atoms with Crippen molar-refractivity contribution in [2.24, 2.45) is 0 Å². The number of nitrogens with zero attached hydrogens (tertiary/aromatic N) is 3. The largest absolute Gasteiger partial charge is 0.507 e. The van der Waals surface area contributed by atoms with Crippen LogP contribution in [0, 0.1) is 5.82 Å². The van der Waals surface area contributed by atoms with Crippen LogP contribution in [0.4, 0.5) is 4.39 Å². The van der Waals surface area contributed by atoms with E-state index in [2.05, 4.69) is 15.2 Å². The first-order valence-electron chi connectivity index (χ1n) is 7.79. The van der Waals surface area contributed by atoms with Crippen LogP contribution >= 0.6 is 0 Å². The van der Waals surface area contributed by atoms with E-state index in [1.807, 2.05) is 6.20 Å². The molecule has 0 radical (unpaired) electrons. The molecule has 134 valence electrons. The number of ether oxygens (including phenoxy) is 1. The minimum Gasteiger partial charge on any atom is -0.507 e. The number of benzene rings is 1. The van der Waals surface area contributed by atoms with E-state index >= 15 is 0 Å². The van der Waals surface area contributed by atoms with Crippen LogP contribution in [0.1, 0.15) is 27.3 Å². The number of aromatic nitrogens is 4. The Bertz CT molecular complexity index is 915. The second kappa shape index (κ2) is 7.75. The summed E-state index contributed by atoms with van der Waals surface area (Å²) in [5, 5.41) is 16.5. The first-order valence-corrected chi connectivity index (χ1v) is 7.79. The highest BCUT2D eigenvalue weighted by molar-refractivity contribution is 6.05. The maximum Gasteiger partial charge on any atom is 0.226 e. The molecule has 0 saturated heterocycles. The van der Waals surface area contributed by atoms with E-state index in [1.54, 1.807) is 30.0 Å². The van der Waals surface area contributed by atoms with E-state index < -0.39 is 5.78 Å². The lowest BCUT2D eigenvalue weighted by molar-refractivity contribution is 0.103. The molecule has 0 amide bonds. The van der Waals surface area contributed by atoms with Crippen LogP contribution in [0.25, 0.3) is 5.76 Å². The van der Waals surface area contributed by atoms with Crippen LogP contribution in [-0.2, 0) is 17.9 Å². The van der Waals surface area contributed by atoms with Gasteiger partial charge in [0.05, 0.1) is 0 Å². The highest BCUT2D eigenvalue weighted by Gasteiger charge is 2.15. The smallest absolute Gasteiger partial charge is 0.226 e. The maximum atomic E-state index is 13.1. The molecule has 26 heavy (non-hydrogen) atoms. The Labute approximate surface area is 148 Å². The Morgan fingerprint density at radius 3 is 2.77 bits per heavy atom. The molecule has 0 fully saturated rings. The third-order valence-corrected chi connectivity index (χ3v) is 3.74. The van der Waals surface area contributed by atoms with Crippen LogP contribution in [0.3, 0.4) is 0 Å². The van der Waals surface area contributed by atoms with Gasteiger partial charge in [-0.1, -0.05) is 12.1 Å². The number of carbonyl (C=O) groups is 1. The minimum atomic E-state index is -0.493. The van der Waals surface area contributed by atoms with Crippen LogP contribution in [0.2, 0.25) is 0 Å². The van der Waals surface area contributed by atoms with Crippen LogP contribution < -0.4 is 0 Å². The Morgan fingerprint density at radius 2 is 2.12 bits per heavy atom. The number of halogens is 1. The number of nitrogens with one attached hydrogen (secondary N) is 1. The first-order chi connectivity index (χ1) is 12.6. The van der Waals surface area contributed by atoms with Gasteiger partial charge in [-0.05, 0) is 29.7 Å². The van der Waals surface area contributed by atoms with Gasteiger partial charge in [-0.15, -0.1) is 0 Å². The summed E-state index contributed by atoms with van der Waals surface area (Å²) in [6, 6.07) is 6.11. The summed E-state index contributed by atoms with van der Waals surface area (Å²) in [6.45, 7) is 0.291. The molecule has 0 spiro atoms. The Hall–Kier alpha value is -3.26. The van der Waals surface area contributed by atoms with Gasteiger partial charge in [0.15, 0.2) is 5.82 Å². The lowest BCUT2D eigenvalue weighted by atomic mass is 10.0. The van der Waals surface area contributed by atoms with E-state index in [0.29, 0.717) is 18.7 Å². The van der Waals surface area contributed by atoms with Crippen LogP contribution in [0.15, 0.2) is 49.1 Å². The van der Waals surface area contributed by atoms with Crippen molar-refractivity contribution >= 4 is 11.5 Å². The molecule has 0 aliphatic heterocycles. The second-order valence-corrected chi connectivity index (χ2v) is 5.66. The molecule has 2 aromatic heterocycles. The Morgan fingerprint density at radius 1 is 1.35 bits per heavy atom. The van der Waals surface area contributed by atoms with Gasteiger partial charge >= 0.3 is 0 Å². The van der Waals surface area contributed by atoms with Crippen molar-refractivity contribution in [1.29, 1.82) is 0 Å². The number of methoxy groups -OCH3 is 1.